The Labute approximate surface area is 115 Å². The molecule has 2 heterocycles. The number of aryl methyl sites for hydroxylation is 1. The highest BCUT2D eigenvalue weighted by atomic mass is 16.5. The van der Waals surface area contributed by atoms with Crippen molar-refractivity contribution in [1.29, 1.82) is 0 Å². The van der Waals surface area contributed by atoms with Crippen molar-refractivity contribution >= 4 is 0 Å². The molecule has 5 heteroatoms. The quantitative estimate of drug-likeness (QED) is 0.852. The first-order valence-corrected chi connectivity index (χ1v) is 7.43. The largest absolute Gasteiger partial charge is 0.374 e. The molecule has 0 amide bonds. The molecule has 0 aromatic carbocycles. The number of ether oxygens (including phenoxy) is 1. The zero-order valence-electron chi connectivity index (χ0n) is 12.4. The van der Waals surface area contributed by atoms with E-state index < -0.39 is 0 Å². The van der Waals surface area contributed by atoms with Gasteiger partial charge in [-0.25, -0.2) is 4.98 Å². The highest BCUT2D eigenvalue weighted by Gasteiger charge is 2.37. The SMILES string of the molecule is CCNC(Cc1ncnn1CC)C1(C)CCCCO1. The van der Waals surface area contributed by atoms with Crippen LogP contribution in [0.4, 0.5) is 0 Å². The van der Waals surface area contributed by atoms with E-state index in [1.807, 2.05) is 4.68 Å². The van der Waals surface area contributed by atoms with Crippen LogP contribution >= 0.6 is 0 Å². The number of likely N-dealkylation sites (N-methyl/N-ethyl adjacent to an activating group) is 1. The molecule has 1 aliphatic heterocycles. The van der Waals surface area contributed by atoms with Gasteiger partial charge in [0.15, 0.2) is 0 Å². The third-order valence-corrected chi connectivity index (χ3v) is 4.07. The molecule has 2 rings (SSSR count). The second-order valence-electron chi connectivity index (χ2n) is 5.42. The summed E-state index contributed by atoms with van der Waals surface area (Å²) >= 11 is 0. The first kappa shape index (κ1) is 14.5. The summed E-state index contributed by atoms with van der Waals surface area (Å²) in [6.45, 7) is 9.16. The monoisotopic (exact) mass is 266 g/mol. The fourth-order valence-corrected chi connectivity index (χ4v) is 2.87. The van der Waals surface area contributed by atoms with Gasteiger partial charge >= 0.3 is 0 Å². The van der Waals surface area contributed by atoms with E-state index in [2.05, 4.69) is 36.2 Å². The molecule has 1 aromatic rings. The van der Waals surface area contributed by atoms with Crippen LogP contribution in [-0.2, 0) is 17.7 Å². The molecular formula is C14H26N4O. The molecule has 1 aromatic heterocycles. The van der Waals surface area contributed by atoms with Crippen LogP contribution in [0.25, 0.3) is 0 Å². The average molecular weight is 266 g/mol. The van der Waals surface area contributed by atoms with Crippen molar-refractivity contribution in [3.05, 3.63) is 12.2 Å². The van der Waals surface area contributed by atoms with Crippen LogP contribution in [0.15, 0.2) is 6.33 Å². The molecule has 19 heavy (non-hydrogen) atoms. The van der Waals surface area contributed by atoms with Gasteiger partial charge in [0.05, 0.1) is 5.60 Å². The fourth-order valence-electron chi connectivity index (χ4n) is 2.87. The summed E-state index contributed by atoms with van der Waals surface area (Å²) < 4.78 is 8.05. The van der Waals surface area contributed by atoms with Crippen LogP contribution in [-0.4, -0.2) is 39.6 Å². The Morgan fingerprint density at radius 3 is 2.95 bits per heavy atom. The molecule has 0 bridgehead atoms. The number of nitrogens with zero attached hydrogens (tertiary/aromatic N) is 3. The van der Waals surface area contributed by atoms with Crippen LogP contribution in [0, 0.1) is 0 Å². The van der Waals surface area contributed by atoms with Crippen molar-refractivity contribution in [2.45, 2.75) is 64.6 Å². The summed E-state index contributed by atoms with van der Waals surface area (Å²) in [5.74, 6) is 1.05. The molecule has 1 saturated heterocycles. The van der Waals surface area contributed by atoms with Gasteiger partial charge in [0.1, 0.15) is 12.2 Å². The predicted molar refractivity (Wildman–Crippen MR) is 75.1 cm³/mol. The van der Waals surface area contributed by atoms with Gasteiger partial charge in [0, 0.05) is 25.6 Å². The highest BCUT2D eigenvalue weighted by molar-refractivity contribution is 4.99. The van der Waals surface area contributed by atoms with Gasteiger partial charge in [-0.3, -0.25) is 4.68 Å². The van der Waals surface area contributed by atoms with Gasteiger partial charge in [0.2, 0.25) is 0 Å². The van der Waals surface area contributed by atoms with E-state index in [0.717, 1.165) is 38.4 Å². The van der Waals surface area contributed by atoms with Crippen LogP contribution in [0.2, 0.25) is 0 Å². The Kier molecular flexibility index (Phi) is 4.93. The number of hydrogen-bond acceptors (Lipinski definition) is 4. The molecule has 108 valence electrons. The summed E-state index contributed by atoms with van der Waals surface area (Å²) in [6.07, 6.45) is 6.06. The van der Waals surface area contributed by atoms with Crippen molar-refractivity contribution in [1.82, 2.24) is 20.1 Å². The number of nitrogens with one attached hydrogen (secondary N) is 1. The third-order valence-electron chi connectivity index (χ3n) is 4.07. The van der Waals surface area contributed by atoms with Gasteiger partial charge in [-0.15, -0.1) is 0 Å². The first-order valence-electron chi connectivity index (χ1n) is 7.43. The molecule has 1 aliphatic rings. The minimum Gasteiger partial charge on any atom is -0.374 e. The van der Waals surface area contributed by atoms with Crippen LogP contribution in [0.1, 0.15) is 45.9 Å². The normalized spacial score (nSPS) is 25.4. The summed E-state index contributed by atoms with van der Waals surface area (Å²) in [5.41, 5.74) is -0.0845. The lowest BCUT2D eigenvalue weighted by Gasteiger charge is -2.41. The van der Waals surface area contributed by atoms with Crippen molar-refractivity contribution in [3.63, 3.8) is 0 Å². The Morgan fingerprint density at radius 2 is 2.32 bits per heavy atom. The van der Waals surface area contributed by atoms with E-state index in [4.69, 9.17) is 4.74 Å². The lowest BCUT2D eigenvalue weighted by atomic mass is 9.86. The van der Waals surface area contributed by atoms with Gasteiger partial charge in [-0.2, -0.15) is 5.10 Å². The maximum Gasteiger partial charge on any atom is 0.138 e. The Balaban J connectivity index is 2.11. The molecule has 0 saturated carbocycles. The van der Waals surface area contributed by atoms with Crippen LogP contribution in [0.3, 0.4) is 0 Å². The Bertz CT molecular complexity index is 385. The second-order valence-corrected chi connectivity index (χ2v) is 5.42. The van der Waals surface area contributed by atoms with Crippen LogP contribution < -0.4 is 5.32 Å². The first-order chi connectivity index (χ1) is 9.19. The van der Waals surface area contributed by atoms with Crippen molar-refractivity contribution in [2.24, 2.45) is 0 Å². The number of aromatic nitrogens is 3. The summed E-state index contributed by atoms with van der Waals surface area (Å²) in [7, 11) is 0. The number of rotatable bonds is 6. The van der Waals surface area contributed by atoms with Gasteiger partial charge in [-0.1, -0.05) is 6.92 Å². The zero-order chi connectivity index (χ0) is 13.7. The van der Waals surface area contributed by atoms with Crippen molar-refractivity contribution in [2.75, 3.05) is 13.2 Å². The van der Waals surface area contributed by atoms with E-state index >= 15 is 0 Å². The average Bonchev–Trinajstić information content (AvgIpc) is 2.86. The van der Waals surface area contributed by atoms with Gasteiger partial charge in [0.25, 0.3) is 0 Å². The fraction of sp³-hybridized carbons (Fsp3) is 0.857. The van der Waals surface area contributed by atoms with E-state index in [1.165, 1.54) is 12.8 Å². The molecular weight excluding hydrogens is 240 g/mol. The molecule has 0 radical (unpaired) electrons. The van der Waals surface area contributed by atoms with Gasteiger partial charge < -0.3 is 10.1 Å². The molecule has 2 atom stereocenters. The molecule has 1 fully saturated rings. The van der Waals surface area contributed by atoms with Crippen molar-refractivity contribution < 1.29 is 4.74 Å². The summed E-state index contributed by atoms with van der Waals surface area (Å²) in [5, 5.41) is 7.83. The standard InChI is InChI=1S/C14H26N4O/c1-4-15-12(14(3)8-6-7-9-19-14)10-13-16-11-17-18(13)5-2/h11-12,15H,4-10H2,1-3H3. The highest BCUT2D eigenvalue weighted by Crippen LogP contribution is 2.29. The zero-order valence-corrected chi connectivity index (χ0v) is 12.4. The molecule has 2 unspecified atom stereocenters. The van der Waals surface area contributed by atoms with E-state index in [1.54, 1.807) is 6.33 Å². The van der Waals surface area contributed by atoms with E-state index in [-0.39, 0.29) is 5.60 Å². The molecule has 0 aliphatic carbocycles. The minimum atomic E-state index is -0.0845. The summed E-state index contributed by atoms with van der Waals surface area (Å²) in [4.78, 5) is 4.39. The number of hydrogen-bond donors (Lipinski definition) is 1. The van der Waals surface area contributed by atoms with E-state index in [0.29, 0.717) is 6.04 Å². The van der Waals surface area contributed by atoms with E-state index in [9.17, 15) is 0 Å². The maximum atomic E-state index is 6.08. The second kappa shape index (κ2) is 6.48. The summed E-state index contributed by atoms with van der Waals surface area (Å²) in [6, 6.07) is 0.298. The maximum absolute atomic E-state index is 6.08. The third kappa shape index (κ3) is 3.34. The van der Waals surface area contributed by atoms with Crippen LogP contribution in [0.5, 0.6) is 0 Å². The minimum absolute atomic E-state index is 0.0845. The Hall–Kier alpha value is -0.940. The molecule has 1 N–H and O–H groups in total. The lowest BCUT2D eigenvalue weighted by molar-refractivity contribution is -0.0885. The predicted octanol–water partition coefficient (Wildman–Crippen LogP) is 1.78. The molecule has 5 nitrogen and oxygen atoms in total. The Morgan fingerprint density at radius 1 is 1.47 bits per heavy atom. The smallest absolute Gasteiger partial charge is 0.138 e. The molecule has 0 spiro atoms. The van der Waals surface area contributed by atoms with Gasteiger partial charge in [-0.05, 0) is 39.7 Å². The topological polar surface area (TPSA) is 52.0 Å². The lowest BCUT2D eigenvalue weighted by Crippen LogP contribution is -2.53. The van der Waals surface area contributed by atoms with Crippen molar-refractivity contribution in [3.8, 4) is 0 Å².